The zero-order valence-electron chi connectivity index (χ0n) is 16.3. The van der Waals surface area contributed by atoms with E-state index in [4.69, 9.17) is 11.5 Å². The van der Waals surface area contributed by atoms with E-state index in [0.29, 0.717) is 49.6 Å². The second-order valence-corrected chi connectivity index (χ2v) is 7.42. The van der Waals surface area contributed by atoms with Crippen LogP contribution in [0, 0.1) is 5.82 Å². The third kappa shape index (κ3) is 3.69. The zero-order chi connectivity index (χ0) is 20.5. The van der Waals surface area contributed by atoms with Crippen LogP contribution in [-0.2, 0) is 7.05 Å². The van der Waals surface area contributed by atoms with Crippen molar-refractivity contribution in [2.75, 3.05) is 29.4 Å². The number of halogens is 2. The van der Waals surface area contributed by atoms with Crippen LogP contribution in [0.3, 0.4) is 0 Å². The fraction of sp³-hybridized carbons (Fsp3) is 0.400. The minimum atomic E-state index is -1.02. The molecule has 4 rings (SSSR count). The third-order valence-corrected chi connectivity index (χ3v) is 5.46. The van der Waals surface area contributed by atoms with Gasteiger partial charge in [-0.25, -0.2) is 13.8 Å². The van der Waals surface area contributed by atoms with Gasteiger partial charge in [0.1, 0.15) is 23.5 Å². The molecule has 2 unspecified atom stereocenters. The van der Waals surface area contributed by atoms with Crippen molar-refractivity contribution in [3.63, 3.8) is 0 Å². The molecule has 0 saturated carbocycles. The molecular formula is C20H25F2N7. The second-order valence-electron chi connectivity index (χ2n) is 7.42. The van der Waals surface area contributed by atoms with Gasteiger partial charge in [-0.1, -0.05) is 12.1 Å². The van der Waals surface area contributed by atoms with Gasteiger partial charge in [0.15, 0.2) is 5.82 Å². The predicted molar refractivity (Wildman–Crippen MR) is 111 cm³/mol. The Morgan fingerprint density at radius 3 is 2.72 bits per heavy atom. The lowest BCUT2D eigenvalue weighted by Crippen LogP contribution is -2.37. The van der Waals surface area contributed by atoms with E-state index in [1.165, 1.54) is 6.07 Å². The van der Waals surface area contributed by atoms with Crippen molar-refractivity contribution in [1.82, 2.24) is 9.78 Å². The number of aryl methyl sites for hydroxylation is 1. The lowest BCUT2D eigenvalue weighted by atomic mass is 10.1. The molecule has 1 aromatic carbocycles. The zero-order valence-corrected chi connectivity index (χ0v) is 16.3. The highest BCUT2D eigenvalue weighted by molar-refractivity contribution is 5.96. The first kappa shape index (κ1) is 19.4. The number of benzene rings is 1. The van der Waals surface area contributed by atoms with Crippen molar-refractivity contribution in [3.05, 3.63) is 48.0 Å². The molecule has 29 heavy (non-hydrogen) atoms. The number of nitrogens with zero attached hydrogens (tertiary/aromatic N) is 5. The standard InChI is InChI=1S/C20H25F2N7/c1-27-20(28-8-6-15(22)16(23)7-9-28)18(11-26-27)29-12-19(24)25-10-17(29)13-4-2-3-5-14(13)21/h2-5,10-11,15-16H,6-9,12,23H2,1H3,(H2,24,25). The molecule has 1 aromatic heterocycles. The Bertz CT molecular complexity index is 940. The quantitative estimate of drug-likeness (QED) is 0.821. The van der Waals surface area contributed by atoms with Crippen LogP contribution in [-0.4, -0.2) is 47.5 Å². The van der Waals surface area contributed by atoms with E-state index in [-0.39, 0.29) is 5.82 Å². The molecule has 3 heterocycles. The lowest BCUT2D eigenvalue weighted by molar-refractivity contribution is 0.274. The maximum absolute atomic E-state index is 14.5. The Kier molecular flexibility index (Phi) is 5.23. The number of aliphatic imine (C=N–C) groups is 1. The normalized spacial score (nSPS) is 22.9. The summed E-state index contributed by atoms with van der Waals surface area (Å²) in [6.45, 7) is 1.44. The molecule has 0 radical (unpaired) electrons. The molecule has 0 amide bonds. The molecule has 2 aliphatic heterocycles. The number of aromatic nitrogens is 2. The largest absolute Gasteiger partial charge is 0.386 e. The monoisotopic (exact) mass is 401 g/mol. The molecule has 7 nitrogen and oxygen atoms in total. The van der Waals surface area contributed by atoms with E-state index in [0.717, 1.165) is 11.5 Å². The van der Waals surface area contributed by atoms with Crippen LogP contribution < -0.4 is 21.3 Å². The maximum Gasteiger partial charge on any atom is 0.150 e. The highest BCUT2D eigenvalue weighted by Gasteiger charge is 2.30. The first-order valence-electron chi connectivity index (χ1n) is 9.67. The summed E-state index contributed by atoms with van der Waals surface area (Å²) in [6, 6.07) is 6.08. The Morgan fingerprint density at radius 2 is 1.93 bits per heavy atom. The molecule has 1 saturated heterocycles. The summed E-state index contributed by atoms with van der Waals surface area (Å²) in [5.41, 5.74) is 13.7. The summed E-state index contributed by atoms with van der Waals surface area (Å²) in [7, 11) is 1.84. The minimum absolute atomic E-state index is 0.304. The summed E-state index contributed by atoms with van der Waals surface area (Å²) >= 11 is 0. The smallest absolute Gasteiger partial charge is 0.150 e. The van der Waals surface area contributed by atoms with Gasteiger partial charge in [0.2, 0.25) is 0 Å². The van der Waals surface area contributed by atoms with Crippen LogP contribution in [0.4, 0.5) is 20.3 Å². The lowest BCUT2D eigenvalue weighted by Gasteiger charge is -2.32. The molecule has 4 N–H and O–H groups in total. The van der Waals surface area contributed by atoms with Gasteiger partial charge >= 0.3 is 0 Å². The number of nitrogens with two attached hydrogens (primary N) is 2. The molecule has 0 bridgehead atoms. The van der Waals surface area contributed by atoms with Crippen molar-refractivity contribution in [3.8, 4) is 0 Å². The van der Waals surface area contributed by atoms with Gasteiger partial charge < -0.3 is 21.3 Å². The first-order valence-corrected chi connectivity index (χ1v) is 9.67. The molecular weight excluding hydrogens is 376 g/mol. The van der Waals surface area contributed by atoms with Crippen molar-refractivity contribution < 1.29 is 8.78 Å². The summed E-state index contributed by atoms with van der Waals surface area (Å²) in [5.74, 6) is 0.899. The number of anilines is 2. The molecule has 154 valence electrons. The number of rotatable bonds is 3. The van der Waals surface area contributed by atoms with Crippen LogP contribution in [0.2, 0.25) is 0 Å². The van der Waals surface area contributed by atoms with Crippen LogP contribution in [0.1, 0.15) is 18.4 Å². The van der Waals surface area contributed by atoms with Crippen LogP contribution >= 0.6 is 0 Å². The van der Waals surface area contributed by atoms with Gasteiger partial charge in [0.05, 0.1) is 24.6 Å². The summed E-state index contributed by atoms with van der Waals surface area (Å²) in [4.78, 5) is 8.20. The molecule has 2 aromatic rings. The van der Waals surface area contributed by atoms with E-state index < -0.39 is 12.2 Å². The van der Waals surface area contributed by atoms with Crippen LogP contribution in [0.5, 0.6) is 0 Å². The van der Waals surface area contributed by atoms with E-state index in [2.05, 4.69) is 15.0 Å². The fourth-order valence-corrected chi connectivity index (χ4v) is 3.88. The average molecular weight is 401 g/mol. The summed E-state index contributed by atoms with van der Waals surface area (Å²) < 4.78 is 30.4. The topological polar surface area (TPSA) is 88.7 Å². The molecule has 2 atom stereocenters. The Balaban J connectivity index is 1.74. The maximum atomic E-state index is 14.5. The highest BCUT2D eigenvalue weighted by Crippen LogP contribution is 2.37. The predicted octanol–water partition coefficient (Wildman–Crippen LogP) is 2.00. The third-order valence-electron chi connectivity index (χ3n) is 5.46. The van der Waals surface area contributed by atoms with Gasteiger partial charge in [-0.3, -0.25) is 4.68 Å². The highest BCUT2D eigenvalue weighted by atomic mass is 19.1. The number of hydrogen-bond donors (Lipinski definition) is 2. The Hall–Kier alpha value is -2.94. The van der Waals surface area contributed by atoms with Crippen molar-refractivity contribution in [2.24, 2.45) is 23.5 Å². The summed E-state index contributed by atoms with van der Waals surface area (Å²) in [6.07, 6.45) is 3.17. The van der Waals surface area contributed by atoms with E-state index in [1.807, 2.05) is 11.9 Å². The summed E-state index contributed by atoms with van der Waals surface area (Å²) in [5, 5.41) is 4.42. The van der Waals surface area contributed by atoms with Gasteiger partial charge in [-0.2, -0.15) is 5.10 Å². The molecule has 2 aliphatic rings. The molecule has 1 fully saturated rings. The van der Waals surface area contributed by atoms with Crippen LogP contribution in [0.25, 0.3) is 5.70 Å². The van der Waals surface area contributed by atoms with Crippen molar-refractivity contribution >= 4 is 23.0 Å². The van der Waals surface area contributed by atoms with Crippen molar-refractivity contribution in [2.45, 2.75) is 25.1 Å². The van der Waals surface area contributed by atoms with Gasteiger partial charge in [-0.15, -0.1) is 0 Å². The Morgan fingerprint density at radius 1 is 1.17 bits per heavy atom. The van der Waals surface area contributed by atoms with E-state index in [9.17, 15) is 8.78 Å². The minimum Gasteiger partial charge on any atom is -0.386 e. The second kappa shape index (κ2) is 7.82. The molecule has 9 heteroatoms. The molecule has 0 aliphatic carbocycles. The van der Waals surface area contributed by atoms with Crippen LogP contribution in [0.15, 0.2) is 41.7 Å². The van der Waals surface area contributed by atoms with Gasteiger partial charge in [-0.05, 0) is 25.0 Å². The van der Waals surface area contributed by atoms with E-state index in [1.54, 1.807) is 35.3 Å². The Labute approximate surface area is 168 Å². The van der Waals surface area contributed by atoms with Crippen molar-refractivity contribution in [1.29, 1.82) is 0 Å². The van der Waals surface area contributed by atoms with E-state index >= 15 is 0 Å². The SMILES string of the molecule is Cn1ncc(N2CC(N)=NC=C2c2ccccc2F)c1N1CCC(N)C(F)CC1. The van der Waals surface area contributed by atoms with Gasteiger partial charge in [0, 0.05) is 31.7 Å². The van der Waals surface area contributed by atoms with Gasteiger partial charge in [0.25, 0.3) is 0 Å². The first-order chi connectivity index (χ1) is 14.0. The molecule has 0 spiro atoms. The number of hydrogen-bond acceptors (Lipinski definition) is 6. The number of amidine groups is 1. The fourth-order valence-electron chi connectivity index (χ4n) is 3.88. The number of alkyl halides is 1. The average Bonchev–Trinajstić information content (AvgIpc) is 3.01.